The Labute approximate surface area is 153 Å². The highest BCUT2D eigenvalue weighted by molar-refractivity contribution is 5.90. The summed E-state index contributed by atoms with van der Waals surface area (Å²) in [4.78, 5) is 20.8. The van der Waals surface area contributed by atoms with Gasteiger partial charge in [0.2, 0.25) is 5.91 Å². The van der Waals surface area contributed by atoms with E-state index in [0.29, 0.717) is 24.4 Å². The molecule has 0 saturated heterocycles. The van der Waals surface area contributed by atoms with Gasteiger partial charge in [0.05, 0.1) is 25.2 Å². The normalized spacial score (nSPS) is 10.4. The summed E-state index contributed by atoms with van der Waals surface area (Å²) in [7, 11) is 1.63. The number of nitrogens with one attached hydrogen (secondary N) is 1. The molecule has 26 heavy (non-hydrogen) atoms. The van der Waals surface area contributed by atoms with Crippen LogP contribution in [0.25, 0.3) is 11.4 Å². The predicted octanol–water partition coefficient (Wildman–Crippen LogP) is 4.03. The molecule has 5 heteroatoms. The maximum absolute atomic E-state index is 12.1. The third kappa shape index (κ3) is 4.66. The predicted molar refractivity (Wildman–Crippen MR) is 102 cm³/mol. The van der Waals surface area contributed by atoms with Gasteiger partial charge >= 0.3 is 0 Å². The summed E-state index contributed by atoms with van der Waals surface area (Å²) < 4.78 is 5.19. The first kappa shape index (κ1) is 17.6. The first-order valence-corrected chi connectivity index (χ1v) is 8.46. The summed E-state index contributed by atoms with van der Waals surface area (Å²) in [6, 6.07) is 15.7. The fourth-order valence-electron chi connectivity index (χ4n) is 2.55. The highest BCUT2D eigenvalue weighted by Crippen LogP contribution is 2.17. The fraction of sp³-hybridized carbons (Fsp3) is 0.190. The van der Waals surface area contributed by atoms with Crippen LogP contribution in [0.4, 0.5) is 5.69 Å². The van der Waals surface area contributed by atoms with Gasteiger partial charge in [0.25, 0.3) is 0 Å². The van der Waals surface area contributed by atoms with Crippen LogP contribution < -0.4 is 10.1 Å². The van der Waals surface area contributed by atoms with Gasteiger partial charge in [0.15, 0.2) is 5.82 Å². The molecule has 0 fully saturated rings. The van der Waals surface area contributed by atoms with Crippen molar-refractivity contribution in [3.63, 3.8) is 0 Å². The summed E-state index contributed by atoms with van der Waals surface area (Å²) in [5.74, 6) is 1.36. The minimum atomic E-state index is -0.0699. The Bertz CT molecular complexity index is 875. The number of carbonyl (C=O) groups is 1. The molecule has 0 saturated carbocycles. The van der Waals surface area contributed by atoms with E-state index in [9.17, 15) is 4.79 Å². The van der Waals surface area contributed by atoms with Crippen LogP contribution >= 0.6 is 0 Å². The smallest absolute Gasteiger partial charge is 0.224 e. The van der Waals surface area contributed by atoms with Crippen molar-refractivity contribution in [3.8, 4) is 17.1 Å². The SMILES string of the molecule is COc1cccc(CCC(=O)Nc2cnc(-c3ccc(C)cc3)nc2)c1. The Morgan fingerprint density at radius 3 is 2.50 bits per heavy atom. The van der Waals surface area contributed by atoms with Crippen LogP contribution in [-0.4, -0.2) is 23.0 Å². The van der Waals surface area contributed by atoms with Gasteiger partial charge in [-0.3, -0.25) is 4.79 Å². The number of carbonyl (C=O) groups excluding carboxylic acids is 1. The molecule has 132 valence electrons. The van der Waals surface area contributed by atoms with E-state index < -0.39 is 0 Å². The lowest BCUT2D eigenvalue weighted by atomic mass is 10.1. The van der Waals surface area contributed by atoms with Gasteiger partial charge in [-0.2, -0.15) is 0 Å². The number of hydrogen-bond acceptors (Lipinski definition) is 4. The second-order valence-corrected chi connectivity index (χ2v) is 6.06. The highest BCUT2D eigenvalue weighted by atomic mass is 16.5. The van der Waals surface area contributed by atoms with Crippen molar-refractivity contribution in [2.45, 2.75) is 19.8 Å². The van der Waals surface area contributed by atoms with Crippen LogP contribution in [0.1, 0.15) is 17.5 Å². The number of hydrogen-bond donors (Lipinski definition) is 1. The first-order valence-electron chi connectivity index (χ1n) is 8.46. The van der Waals surface area contributed by atoms with E-state index in [-0.39, 0.29) is 5.91 Å². The summed E-state index contributed by atoms with van der Waals surface area (Å²) in [6.45, 7) is 2.04. The molecule has 3 aromatic rings. The molecule has 1 heterocycles. The van der Waals surface area contributed by atoms with Crippen molar-refractivity contribution < 1.29 is 9.53 Å². The van der Waals surface area contributed by atoms with Crippen LogP contribution in [0, 0.1) is 6.92 Å². The van der Waals surface area contributed by atoms with Crippen LogP contribution in [0.3, 0.4) is 0 Å². The number of ether oxygens (including phenoxy) is 1. The van der Waals surface area contributed by atoms with Crippen molar-refractivity contribution in [1.29, 1.82) is 0 Å². The standard InChI is InChI=1S/C21H21N3O2/c1-15-6-9-17(10-7-15)21-22-13-18(14-23-21)24-20(25)11-8-16-4-3-5-19(12-16)26-2/h3-7,9-10,12-14H,8,11H2,1-2H3,(H,24,25). The lowest BCUT2D eigenvalue weighted by Gasteiger charge is -2.07. The monoisotopic (exact) mass is 347 g/mol. The van der Waals surface area contributed by atoms with E-state index in [1.165, 1.54) is 5.56 Å². The molecule has 0 aliphatic carbocycles. The Balaban J connectivity index is 1.56. The van der Waals surface area contributed by atoms with E-state index in [2.05, 4.69) is 15.3 Å². The summed E-state index contributed by atoms with van der Waals surface area (Å²) in [5, 5.41) is 2.83. The summed E-state index contributed by atoms with van der Waals surface area (Å²) >= 11 is 0. The Morgan fingerprint density at radius 2 is 1.81 bits per heavy atom. The molecule has 1 amide bonds. The van der Waals surface area contributed by atoms with Gasteiger partial charge in [-0.1, -0.05) is 42.0 Å². The van der Waals surface area contributed by atoms with E-state index in [4.69, 9.17) is 4.74 Å². The molecule has 0 radical (unpaired) electrons. The third-order valence-corrected chi connectivity index (χ3v) is 4.02. The number of nitrogens with zero attached hydrogens (tertiary/aromatic N) is 2. The number of amides is 1. The lowest BCUT2D eigenvalue weighted by Crippen LogP contribution is -2.12. The van der Waals surface area contributed by atoms with Gasteiger partial charge in [-0.25, -0.2) is 9.97 Å². The average Bonchev–Trinajstić information content (AvgIpc) is 2.68. The zero-order valence-corrected chi connectivity index (χ0v) is 14.9. The molecule has 0 aliphatic rings. The van der Waals surface area contributed by atoms with Gasteiger partial charge in [-0.15, -0.1) is 0 Å². The van der Waals surface area contributed by atoms with Crippen LogP contribution in [0.5, 0.6) is 5.75 Å². The second kappa shape index (κ2) is 8.25. The first-order chi connectivity index (χ1) is 12.6. The van der Waals surface area contributed by atoms with Crippen molar-refractivity contribution >= 4 is 11.6 Å². The van der Waals surface area contributed by atoms with Crippen molar-refractivity contribution in [2.24, 2.45) is 0 Å². The van der Waals surface area contributed by atoms with E-state index in [1.807, 2.05) is 55.5 Å². The number of aryl methyl sites for hydroxylation is 2. The Hall–Kier alpha value is -3.21. The number of anilines is 1. The lowest BCUT2D eigenvalue weighted by molar-refractivity contribution is -0.116. The molecule has 0 spiro atoms. The quantitative estimate of drug-likeness (QED) is 0.731. The average molecular weight is 347 g/mol. The summed E-state index contributed by atoms with van der Waals surface area (Å²) in [6.07, 6.45) is 4.29. The number of rotatable bonds is 6. The highest BCUT2D eigenvalue weighted by Gasteiger charge is 2.06. The molecule has 0 bridgehead atoms. The van der Waals surface area contributed by atoms with E-state index in [1.54, 1.807) is 19.5 Å². The Morgan fingerprint density at radius 1 is 1.08 bits per heavy atom. The maximum Gasteiger partial charge on any atom is 0.224 e. The van der Waals surface area contributed by atoms with Gasteiger partial charge in [0.1, 0.15) is 5.75 Å². The molecular weight excluding hydrogens is 326 g/mol. The molecule has 0 unspecified atom stereocenters. The molecular formula is C21H21N3O2. The van der Waals surface area contributed by atoms with Crippen LogP contribution in [0.15, 0.2) is 60.9 Å². The molecule has 0 aliphatic heterocycles. The minimum Gasteiger partial charge on any atom is -0.497 e. The van der Waals surface area contributed by atoms with Crippen LogP contribution in [0.2, 0.25) is 0 Å². The zero-order chi connectivity index (χ0) is 18.4. The van der Waals surface area contributed by atoms with Gasteiger partial charge < -0.3 is 10.1 Å². The number of methoxy groups -OCH3 is 1. The number of benzene rings is 2. The van der Waals surface area contributed by atoms with Gasteiger partial charge in [-0.05, 0) is 31.0 Å². The van der Waals surface area contributed by atoms with Crippen molar-refractivity contribution in [3.05, 3.63) is 72.1 Å². The van der Waals surface area contributed by atoms with Crippen molar-refractivity contribution in [1.82, 2.24) is 9.97 Å². The Kier molecular flexibility index (Phi) is 5.59. The largest absolute Gasteiger partial charge is 0.497 e. The summed E-state index contributed by atoms with van der Waals surface area (Å²) in [5.41, 5.74) is 3.79. The molecule has 1 N–H and O–H groups in total. The molecule has 3 rings (SSSR count). The zero-order valence-electron chi connectivity index (χ0n) is 14.9. The molecule has 0 atom stereocenters. The molecule has 2 aromatic carbocycles. The van der Waals surface area contributed by atoms with Crippen molar-refractivity contribution in [2.75, 3.05) is 12.4 Å². The molecule has 1 aromatic heterocycles. The maximum atomic E-state index is 12.1. The minimum absolute atomic E-state index is 0.0699. The fourth-order valence-corrected chi connectivity index (χ4v) is 2.55. The van der Waals surface area contributed by atoms with E-state index in [0.717, 1.165) is 16.9 Å². The third-order valence-electron chi connectivity index (χ3n) is 4.02. The van der Waals surface area contributed by atoms with Crippen LogP contribution in [-0.2, 0) is 11.2 Å². The topological polar surface area (TPSA) is 64.1 Å². The second-order valence-electron chi connectivity index (χ2n) is 6.06. The van der Waals surface area contributed by atoms with Gasteiger partial charge in [0, 0.05) is 12.0 Å². The molecule has 5 nitrogen and oxygen atoms in total. The number of aromatic nitrogens is 2. The van der Waals surface area contributed by atoms with E-state index >= 15 is 0 Å².